The number of nitrogens with one attached hydrogen (secondary N) is 1. The van der Waals surface area contributed by atoms with Crippen molar-refractivity contribution in [2.75, 3.05) is 17.7 Å². The number of halogens is 1. The molecule has 0 spiro atoms. The van der Waals surface area contributed by atoms with Gasteiger partial charge in [-0.2, -0.15) is 10.2 Å². The van der Waals surface area contributed by atoms with Crippen LogP contribution in [-0.4, -0.2) is 16.6 Å². The molecule has 0 amide bonds. The van der Waals surface area contributed by atoms with Crippen molar-refractivity contribution >= 4 is 17.2 Å². The number of anilines is 3. The van der Waals surface area contributed by atoms with E-state index in [4.69, 9.17) is 15.7 Å². The van der Waals surface area contributed by atoms with E-state index >= 15 is 0 Å². The molecule has 1 aromatic heterocycles. The molecule has 0 unspecified atom stereocenters. The van der Waals surface area contributed by atoms with Crippen LogP contribution in [0.1, 0.15) is 18.9 Å². The van der Waals surface area contributed by atoms with Crippen molar-refractivity contribution in [2.24, 2.45) is 0 Å². The fraction of sp³-hybridized carbons (Fsp3) is 0.214. The molecular formula is C14H14FN5O. The van der Waals surface area contributed by atoms with E-state index in [-0.39, 0.29) is 28.6 Å². The molecule has 2 rings (SSSR count). The lowest BCUT2D eigenvalue weighted by Gasteiger charge is -2.12. The van der Waals surface area contributed by atoms with Gasteiger partial charge < -0.3 is 15.8 Å². The van der Waals surface area contributed by atoms with Gasteiger partial charge in [0.05, 0.1) is 12.3 Å². The first-order valence-corrected chi connectivity index (χ1v) is 6.36. The Bertz CT molecular complexity index is 684. The van der Waals surface area contributed by atoms with Gasteiger partial charge in [-0.15, -0.1) is 0 Å². The molecule has 0 saturated carbocycles. The van der Waals surface area contributed by atoms with Crippen LogP contribution in [0.4, 0.5) is 21.6 Å². The average molecular weight is 287 g/mol. The predicted molar refractivity (Wildman–Crippen MR) is 76.6 cm³/mol. The Labute approximate surface area is 121 Å². The summed E-state index contributed by atoms with van der Waals surface area (Å²) in [6.07, 6.45) is 2.10. The summed E-state index contributed by atoms with van der Waals surface area (Å²) >= 11 is 0. The third kappa shape index (κ3) is 3.17. The van der Waals surface area contributed by atoms with Crippen molar-refractivity contribution in [2.45, 2.75) is 13.3 Å². The minimum atomic E-state index is -0.613. The van der Waals surface area contributed by atoms with E-state index in [1.807, 2.05) is 6.92 Å². The van der Waals surface area contributed by atoms with Gasteiger partial charge in [-0.3, -0.25) is 0 Å². The van der Waals surface area contributed by atoms with E-state index in [1.54, 1.807) is 12.1 Å². The van der Waals surface area contributed by atoms with Gasteiger partial charge in [0.1, 0.15) is 29.5 Å². The molecule has 0 fully saturated rings. The van der Waals surface area contributed by atoms with Crippen molar-refractivity contribution in [1.29, 1.82) is 5.26 Å². The molecule has 0 aliphatic rings. The molecule has 1 aromatic carbocycles. The highest BCUT2D eigenvalue weighted by Gasteiger charge is 2.13. The van der Waals surface area contributed by atoms with Crippen LogP contribution in [0.25, 0.3) is 0 Å². The first-order valence-electron chi connectivity index (χ1n) is 6.36. The summed E-state index contributed by atoms with van der Waals surface area (Å²) < 4.78 is 18.9. The first-order chi connectivity index (χ1) is 10.2. The summed E-state index contributed by atoms with van der Waals surface area (Å²) in [6, 6.07) is 6.07. The van der Waals surface area contributed by atoms with Crippen LogP contribution in [0.3, 0.4) is 0 Å². The SMILES string of the molecule is CCCOc1ncnc(Nc2cccc(F)c2C#N)c1N. The van der Waals surface area contributed by atoms with Crippen LogP contribution in [0, 0.1) is 17.1 Å². The summed E-state index contributed by atoms with van der Waals surface area (Å²) in [6.45, 7) is 2.44. The normalized spacial score (nSPS) is 9.95. The monoisotopic (exact) mass is 287 g/mol. The third-order valence-electron chi connectivity index (χ3n) is 2.67. The second kappa shape index (κ2) is 6.52. The number of ether oxygens (including phenoxy) is 1. The smallest absolute Gasteiger partial charge is 0.242 e. The van der Waals surface area contributed by atoms with Gasteiger partial charge in [-0.05, 0) is 18.6 Å². The number of nitrogen functional groups attached to an aromatic ring is 1. The molecule has 6 nitrogen and oxygen atoms in total. The van der Waals surface area contributed by atoms with E-state index in [1.165, 1.54) is 18.5 Å². The van der Waals surface area contributed by atoms with Crippen molar-refractivity contribution in [3.63, 3.8) is 0 Å². The molecule has 0 aliphatic carbocycles. The number of benzene rings is 1. The molecule has 21 heavy (non-hydrogen) atoms. The Morgan fingerprint density at radius 3 is 2.95 bits per heavy atom. The molecular weight excluding hydrogens is 273 g/mol. The summed E-state index contributed by atoms with van der Waals surface area (Å²) in [4.78, 5) is 7.93. The number of nitriles is 1. The van der Waals surface area contributed by atoms with Crippen LogP contribution in [0.5, 0.6) is 5.88 Å². The highest BCUT2D eigenvalue weighted by molar-refractivity contribution is 5.74. The number of rotatable bonds is 5. The van der Waals surface area contributed by atoms with Crippen LogP contribution < -0.4 is 15.8 Å². The molecule has 108 valence electrons. The fourth-order valence-electron chi connectivity index (χ4n) is 1.66. The average Bonchev–Trinajstić information content (AvgIpc) is 2.48. The number of hydrogen-bond acceptors (Lipinski definition) is 6. The van der Waals surface area contributed by atoms with Crippen molar-refractivity contribution in [3.8, 4) is 11.9 Å². The predicted octanol–water partition coefficient (Wildman–Crippen LogP) is 2.60. The Kier molecular flexibility index (Phi) is 4.51. The van der Waals surface area contributed by atoms with Gasteiger partial charge in [0.25, 0.3) is 0 Å². The Balaban J connectivity index is 2.33. The fourth-order valence-corrected chi connectivity index (χ4v) is 1.66. The maximum absolute atomic E-state index is 13.5. The van der Waals surface area contributed by atoms with Crippen molar-refractivity contribution in [1.82, 2.24) is 9.97 Å². The second-order valence-electron chi connectivity index (χ2n) is 4.19. The van der Waals surface area contributed by atoms with E-state index < -0.39 is 5.82 Å². The van der Waals surface area contributed by atoms with Gasteiger partial charge in [-0.25, -0.2) is 9.37 Å². The Morgan fingerprint density at radius 1 is 1.43 bits per heavy atom. The minimum Gasteiger partial charge on any atom is -0.476 e. The molecule has 0 bridgehead atoms. The summed E-state index contributed by atoms with van der Waals surface area (Å²) in [5.41, 5.74) is 6.30. The zero-order valence-corrected chi connectivity index (χ0v) is 11.4. The Morgan fingerprint density at radius 2 is 2.24 bits per heavy atom. The van der Waals surface area contributed by atoms with Crippen LogP contribution in [0.2, 0.25) is 0 Å². The van der Waals surface area contributed by atoms with Gasteiger partial charge in [0, 0.05) is 0 Å². The highest BCUT2D eigenvalue weighted by Crippen LogP contribution is 2.29. The van der Waals surface area contributed by atoms with Gasteiger partial charge in [0.15, 0.2) is 5.82 Å². The highest BCUT2D eigenvalue weighted by atomic mass is 19.1. The number of hydrogen-bond donors (Lipinski definition) is 2. The zero-order valence-electron chi connectivity index (χ0n) is 11.4. The maximum atomic E-state index is 13.5. The molecule has 3 N–H and O–H groups in total. The van der Waals surface area contributed by atoms with E-state index in [2.05, 4.69) is 15.3 Å². The summed E-state index contributed by atoms with van der Waals surface area (Å²) in [5, 5.41) is 11.8. The lowest BCUT2D eigenvalue weighted by Crippen LogP contribution is -2.06. The first kappa shape index (κ1) is 14.5. The van der Waals surface area contributed by atoms with Crippen LogP contribution >= 0.6 is 0 Å². The largest absolute Gasteiger partial charge is 0.476 e. The van der Waals surface area contributed by atoms with Crippen molar-refractivity contribution < 1.29 is 9.13 Å². The lowest BCUT2D eigenvalue weighted by molar-refractivity contribution is 0.307. The molecule has 2 aromatic rings. The van der Waals surface area contributed by atoms with Crippen LogP contribution in [-0.2, 0) is 0 Å². The van der Waals surface area contributed by atoms with Gasteiger partial charge in [0.2, 0.25) is 5.88 Å². The summed E-state index contributed by atoms with van der Waals surface area (Å²) in [5.74, 6) is -0.0972. The lowest BCUT2D eigenvalue weighted by atomic mass is 10.2. The zero-order chi connectivity index (χ0) is 15.2. The van der Waals surface area contributed by atoms with E-state index in [0.717, 1.165) is 6.42 Å². The Hall–Kier alpha value is -2.88. The number of nitrogens with two attached hydrogens (primary N) is 1. The maximum Gasteiger partial charge on any atom is 0.242 e. The van der Waals surface area contributed by atoms with Crippen LogP contribution in [0.15, 0.2) is 24.5 Å². The molecule has 0 atom stereocenters. The second-order valence-corrected chi connectivity index (χ2v) is 4.19. The topological polar surface area (TPSA) is 96.9 Å². The molecule has 7 heteroatoms. The molecule has 0 saturated heterocycles. The minimum absolute atomic E-state index is 0.105. The molecule has 0 radical (unpaired) electrons. The van der Waals surface area contributed by atoms with Crippen molar-refractivity contribution in [3.05, 3.63) is 35.9 Å². The standard InChI is InChI=1S/C14H14FN5O/c1-2-6-21-14-12(17)13(18-8-19-14)20-11-5-3-4-10(15)9(11)7-16/h3-5,8H,2,6,17H2,1H3,(H,18,19,20). The summed E-state index contributed by atoms with van der Waals surface area (Å²) in [7, 11) is 0. The number of nitrogens with zero attached hydrogens (tertiary/aromatic N) is 3. The third-order valence-corrected chi connectivity index (χ3v) is 2.67. The molecule has 0 aliphatic heterocycles. The van der Waals surface area contributed by atoms with Gasteiger partial charge in [-0.1, -0.05) is 13.0 Å². The molecule has 1 heterocycles. The van der Waals surface area contributed by atoms with E-state index in [9.17, 15) is 4.39 Å². The number of aromatic nitrogens is 2. The quantitative estimate of drug-likeness (QED) is 0.877. The van der Waals surface area contributed by atoms with Gasteiger partial charge >= 0.3 is 0 Å². The van der Waals surface area contributed by atoms with E-state index in [0.29, 0.717) is 6.61 Å².